The van der Waals surface area contributed by atoms with Crippen molar-refractivity contribution in [1.29, 1.82) is 0 Å². The second kappa shape index (κ2) is 2.80. The second-order valence-electron chi connectivity index (χ2n) is 4.20. The molecule has 1 aliphatic rings. The Morgan fingerprint density at radius 1 is 1.62 bits per heavy atom. The Kier molecular flexibility index (Phi) is 1.87. The molecule has 0 spiro atoms. The summed E-state index contributed by atoms with van der Waals surface area (Å²) in [5.41, 5.74) is 5.69. The van der Waals surface area contributed by atoms with Crippen molar-refractivity contribution in [2.75, 3.05) is 0 Å². The third-order valence-electron chi connectivity index (χ3n) is 2.45. The smallest absolute Gasteiger partial charge is 0.223 e. The standard InChI is InChI=1S/C9H15N3O/c1-6-11-8(12-13-6)9(2,10)5-7-3-4-7/h7H,3-5,10H2,1-2H3/t9-/m0/s1. The summed E-state index contributed by atoms with van der Waals surface area (Å²) in [6.07, 6.45) is 3.55. The van der Waals surface area contributed by atoms with Gasteiger partial charge < -0.3 is 10.3 Å². The largest absolute Gasteiger partial charge is 0.340 e. The Bertz CT molecular complexity index is 302. The molecule has 0 aromatic carbocycles. The molecule has 13 heavy (non-hydrogen) atoms. The van der Waals surface area contributed by atoms with Crippen LogP contribution in [0, 0.1) is 12.8 Å². The molecule has 1 aromatic heterocycles. The van der Waals surface area contributed by atoms with E-state index in [-0.39, 0.29) is 0 Å². The average Bonchev–Trinajstić information content (AvgIpc) is 2.70. The minimum Gasteiger partial charge on any atom is -0.340 e. The van der Waals surface area contributed by atoms with Gasteiger partial charge >= 0.3 is 0 Å². The van der Waals surface area contributed by atoms with Crippen molar-refractivity contribution in [3.05, 3.63) is 11.7 Å². The maximum atomic E-state index is 6.11. The molecule has 0 aliphatic heterocycles. The molecule has 72 valence electrons. The van der Waals surface area contributed by atoms with E-state index in [1.54, 1.807) is 6.92 Å². The summed E-state index contributed by atoms with van der Waals surface area (Å²) in [7, 11) is 0. The number of aryl methyl sites for hydroxylation is 1. The summed E-state index contributed by atoms with van der Waals surface area (Å²) >= 11 is 0. The lowest BCUT2D eigenvalue weighted by atomic mass is 9.95. The summed E-state index contributed by atoms with van der Waals surface area (Å²) < 4.78 is 4.91. The third-order valence-corrected chi connectivity index (χ3v) is 2.45. The fourth-order valence-electron chi connectivity index (χ4n) is 1.54. The van der Waals surface area contributed by atoms with Crippen LogP contribution in [0.25, 0.3) is 0 Å². The topological polar surface area (TPSA) is 64.9 Å². The van der Waals surface area contributed by atoms with Gasteiger partial charge in [0.15, 0.2) is 5.82 Å². The monoisotopic (exact) mass is 181 g/mol. The predicted octanol–water partition coefficient (Wildman–Crippen LogP) is 1.35. The van der Waals surface area contributed by atoms with E-state index >= 15 is 0 Å². The van der Waals surface area contributed by atoms with Crippen molar-refractivity contribution < 1.29 is 4.52 Å². The van der Waals surface area contributed by atoms with Gasteiger partial charge in [-0.05, 0) is 19.3 Å². The van der Waals surface area contributed by atoms with E-state index in [0.29, 0.717) is 11.7 Å². The van der Waals surface area contributed by atoms with Crippen LogP contribution in [0.3, 0.4) is 0 Å². The molecule has 1 fully saturated rings. The first kappa shape index (κ1) is 8.69. The van der Waals surface area contributed by atoms with Gasteiger partial charge in [0.05, 0.1) is 5.54 Å². The van der Waals surface area contributed by atoms with Crippen LogP contribution in [0.4, 0.5) is 0 Å². The first-order valence-electron chi connectivity index (χ1n) is 4.67. The fraction of sp³-hybridized carbons (Fsp3) is 0.778. The SMILES string of the molecule is Cc1nc([C@@](C)(N)CC2CC2)no1. The minimum absolute atomic E-state index is 0.418. The number of hydrogen-bond acceptors (Lipinski definition) is 4. The molecule has 2 rings (SSSR count). The first-order chi connectivity index (χ1) is 6.08. The van der Waals surface area contributed by atoms with Gasteiger partial charge in [0, 0.05) is 6.92 Å². The van der Waals surface area contributed by atoms with Crippen LogP contribution in [0.1, 0.15) is 37.9 Å². The highest BCUT2D eigenvalue weighted by atomic mass is 16.5. The summed E-state index contributed by atoms with van der Waals surface area (Å²) in [6, 6.07) is 0. The van der Waals surface area contributed by atoms with Crippen molar-refractivity contribution in [1.82, 2.24) is 10.1 Å². The van der Waals surface area contributed by atoms with Crippen LogP contribution < -0.4 is 5.73 Å². The Morgan fingerprint density at radius 2 is 2.31 bits per heavy atom. The molecule has 1 aliphatic carbocycles. The number of nitrogens with two attached hydrogens (primary N) is 1. The average molecular weight is 181 g/mol. The van der Waals surface area contributed by atoms with Crippen LogP contribution in [0.5, 0.6) is 0 Å². The molecular weight excluding hydrogens is 166 g/mol. The maximum absolute atomic E-state index is 6.11. The van der Waals surface area contributed by atoms with Gasteiger partial charge in [-0.25, -0.2) is 0 Å². The highest BCUT2D eigenvalue weighted by molar-refractivity contribution is 5.03. The lowest BCUT2D eigenvalue weighted by Crippen LogP contribution is -2.34. The van der Waals surface area contributed by atoms with Gasteiger partial charge in [-0.3, -0.25) is 0 Å². The molecule has 1 aromatic rings. The van der Waals surface area contributed by atoms with Gasteiger partial charge in [-0.2, -0.15) is 4.98 Å². The fourth-order valence-corrected chi connectivity index (χ4v) is 1.54. The number of rotatable bonds is 3. The summed E-state index contributed by atoms with van der Waals surface area (Å²) in [5.74, 6) is 1.99. The Labute approximate surface area is 77.5 Å². The molecule has 1 heterocycles. The highest BCUT2D eigenvalue weighted by Gasteiger charge is 2.34. The summed E-state index contributed by atoms with van der Waals surface area (Å²) in [4.78, 5) is 4.16. The molecule has 1 saturated carbocycles. The van der Waals surface area contributed by atoms with Gasteiger partial charge in [0.2, 0.25) is 5.89 Å². The van der Waals surface area contributed by atoms with E-state index in [2.05, 4.69) is 10.1 Å². The van der Waals surface area contributed by atoms with E-state index in [9.17, 15) is 0 Å². The van der Waals surface area contributed by atoms with E-state index in [1.165, 1.54) is 12.8 Å². The zero-order valence-electron chi connectivity index (χ0n) is 8.08. The van der Waals surface area contributed by atoms with Crippen molar-refractivity contribution >= 4 is 0 Å². The van der Waals surface area contributed by atoms with Crippen LogP contribution in [-0.2, 0) is 5.54 Å². The highest BCUT2D eigenvalue weighted by Crippen LogP contribution is 2.38. The Hall–Kier alpha value is -0.900. The Balaban J connectivity index is 2.12. The predicted molar refractivity (Wildman–Crippen MR) is 47.9 cm³/mol. The van der Waals surface area contributed by atoms with Gasteiger partial charge in [-0.1, -0.05) is 18.0 Å². The molecule has 2 N–H and O–H groups in total. The van der Waals surface area contributed by atoms with Crippen molar-refractivity contribution in [2.45, 2.75) is 38.6 Å². The number of hydrogen-bond donors (Lipinski definition) is 1. The van der Waals surface area contributed by atoms with E-state index in [1.807, 2.05) is 6.92 Å². The zero-order valence-corrected chi connectivity index (χ0v) is 8.08. The van der Waals surface area contributed by atoms with Gasteiger partial charge in [-0.15, -0.1) is 0 Å². The van der Waals surface area contributed by atoms with Crippen molar-refractivity contribution in [3.63, 3.8) is 0 Å². The molecule has 1 atom stereocenters. The molecular formula is C9H15N3O. The number of nitrogens with zero attached hydrogens (tertiary/aromatic N) is 2. The quantitative estimate of drug-likeness (QED) is 0.764. The molecule has 0 amide bonds. The molecule has 4 nitrogen and oxygen atoms in total. The summed E-state index contributed by atoms with van der Waals surface area (Å²) in [6.45, 7) is 3.75. The van der Waals surface area contributed by atoms with Gasteiger partial charge in [0.1, 0.15) is 0 Å². The second-order valence-corrected chi connectivity index (χ2v) is 4.20. The van der Waals surface area contributed by atoms with Crippen LogP contribution in [0.2, 0.25) is 0 Å². The Morgan fingerprint density at radius 3 is 2.77 bits per heavy atom. The van der Waals surface area contributed by atoms with Crippen molar-refractivity contribution in [2.24, 2.45) is 11.7 Å². The third kappa shape index (κ3) is 1.88. The number of aromatic nitrogens is 2. The molecule has 0 radical (unpaired) electrons. The van der Waals surface area contributed by atoms with Crippen LogP contribution in [-0.4, -0.2) is 10.1 Å². The van der Waals surface area contributed by atoms with Crippen LogP contribution >= 0.6 is 0 Å². The first-order valence-corrected chi connectivity index (χ1v) is 4.67. The molecule has 4 heteroatoms. The normalized spacial score (nSPS) is 21.5. The molecule has 0 unspecified atom stereocenters. The van der Waals surface area contributed by atoms with Gasteiger partial charge in [0.25, 0.3) is 0 Å². The van der Waals surface area contributed by atoms with E-state index in [4.69, 9.17) is 10.3 Å². The maximum Gasteiger partial charge on any atom is 0.223 e. The lowest BCUT2D eigenvalue weighted by molar-refractivity contribution is 0.347. The minimum atomic E-state index is -0.418. The lowest BCUT2D eigenvalue weighted by Gasteiger charge is -2.19. The molecule has 0 saturated heterocycles. The van der Waals surface area contributed by atoms with E-state index < -0.39 is 5.54 Å². The van der Waals surface area contributed by atoms with Crippen LogP contribution in [0.15, 0.2) is 4.52 Å². The van der Waals surface area contributed by atoms with E-state index in [0.717, 1.165) is 12.3 Å². The summed E-state index contributed by atoms with van der Waals surface area (Å²) in [5, 5.41) is 3.86. The molecule has 0 bridgehead atoms. The zero-order chi connectivity index (χ0) is 9.47. The van der Waals surface area contributed by atoms with Crippen molar-refractivity contribution in [3.8, 4) is 0 Å².